The molecule has 1 saturated carbocycles. The zero-order valence-corrected chi connectivity index (χ0v) is 8.84. The van der Waals surface area contributed by atoms with Crippen LogP contribution in [0.25, 0.3) is 0 Å². The van der Waals surface area contributed by atoms with Gasteiger partial charge in [0, 0.05) is 12.5 Å². The molecule has 1 rings (SSSR count). The normalized spacial score (nSPS) is 19.1. The Morgan fingerprint density at radius 2 is 1.85 bits per heavy atom. The van der Waals surface area contributed by atoms with E-state index in [0.29, 0.717) is 5.92 Å². The van der Waals surface area contributed by atoms with E-state index in [1.165, 1.54) is 30.7 Å². The van der Waals surface area contributed by atoms with Crippen molar-refractivity contribution in [2.45, 2.75) is 39.5 Å². The van der Waals surface area contributed by atoms with Crippen molar-refractivity contribution in [3.8, 4) is 0 Å². The molecule has 3 nitrogen and oxygen atoms in total. The molecule has 1 fully saturated rings. The molecule has 1 aliphatic carbocycles. The molecule has 0 atom stereocenters. The molecular formula is C10H20N2O. The second kappa shape index (κ2) is 3.66. The largest absolute Gasteiger partial charge is 0.283 e. The van der Waals surface area contributed by atoms with Crippen molar-refractivity contribution in [1.29, 1.82) is 0 Å². The van der Waals surface area contributed by atoms with Gasteiger partial charge in [-0.2, -0.15) is 0 Å². The third-order valence-corrected chi connectivity index (χ3v) is 3.25. The van der Waals surface area contributed by atoms with Gasteiger partial charge in [-0.15, -0.1) is 0 Å². The van der Waals surface area contributed by atoms with Gasteiger partial charge in [-0.3, -0.25) is 9.80 Å². The van der Waals surface area contributed by atoms with Crippen molar-refractivity contribution < 1.29 is 4.79 Å². The van der Waals surface area contributed by atoms with Crippen LogP contribution in [0.15, 0.2) is 0 Å². The maximum Gasteiger partial charge on any atom is 0.242 e. The zero-order valence-electron chi connectivity index (χ0n) is 8.84. The van der Waals surface area contributed by atoms with Gasteiger partial charge in [-0.05, 0) is 18.8 Å². The molecule has 13 heavy (non-hydrogen) atoms. The van der Waals surface area contributed by atoms with E-state index >= 15 is 0 Å². The third kappa shape index (κ3) is 2.02. The predicted molar refractivity (Wildman–Crippen MR) is 52.7 cm³/mol. The summed E-state index contributed by atoms with van der Waals surface area (Å²) in [7, 11) is 1.62. The third-order valence-electron chi connectivity index (χ3n) is 3.25. The van der Waals surface area contributed by atoms with Gasteiger partial charge in [0.15, 0.2) is 0 Å². The number of amides is 1. The summed E-state index contributed by atoms with van der Waals surface area (Å²) in [6, 6.07) is 0. The van der Waals surface area contributed by atoms with E-state index < -0.39 is 0 Å². The Bertz CT molecular complexity index is 193. The lowest BCUT2D eigenvalue weighted by molar-refractivity contribution is -0.142. The molecule has 0 aromatic heterocycles. The van der Waals surface area contributed by atoms with E-state index in [-0.39, 0.29) is 11.3 Å². The van der Waals surface area contributed by atoms with E-state index in [2.05, 4.69) is 0 Å². The Kier molecular flexibility index (Phi) is 2.96. The Balaban J connectivity index is 2.68. The van der Waals surface area contributed by atoms with Crippen LogP contribution < -0.4 is 5.84 Å². The van der Waals surface area contributed by atoms with Crippen LogP contribution >= 0.6 is 0 Å². The van der Waals surface area contributed by atoms with Gasteiger partial charge in [-0.1, -0.05) is 26.7 Å². The van der Waals surface area contributed by atoms with Crippen molar-refractivity contribution >= 4 is 5.91 Å². The van der Waals surface area contributed by atoms with Gasteiger partial charge >= 0.3 is 0 Å². The van der Waals surface area contributed by atoms with Crippen LogP contribution in [0.4, 0.5) is 0 Å². The second-order valence-electron chi connectivity index (χ2n) is 4.62. The Labute approximate surface area is 80.2 Å². The SMILES string of the molecule is CN(N)C(=O)C(C)(C)C1CCCC1. The molecule has 3 heteroatoms. The summed E-state index contributed by atoms with van der Waals surface area (Å²) in [5, 5.41) is 1.22. The molecule has 0 aromatic rings. The molecule has 1 amide bonds. The summed E-state index contributed by atoms with van der Waals surface area (Å²) in [5.74, 6) is 6.05. The highest BCUT2D eigenvalue weighted by Gasteiger charge is 2.39. The summed E-state index contributed by atoms with van der Waals surface area (Å²) >= 11 is 0. The fraction of sp³-hybridized carbons (Fsp3) is 0.900. The number of carbonyl (C=O) groups is 1. The molecule has 0 radical (unpaired) electrons. The maximum atomic E-state index is 11.8. The van der Waals surface area contributed by atoms with E-state index in [1.54, 1.807) is 7.05 Å². The van der Waals surface area contributed by atoms with E-state index in [4.69, 9.17) is 5.84 Å². The Morgan fingerprint density at radius 1 is 1.38 bits per heavy atom. The highest BCUT2D eigenvalue weighted by molar-refractivity contribution is 5.81. The summed E-state index contributed by atoms with van der Waals surface area (Å²) in [6.45, 7) is 4.02. The molecular weight excluding hydrogens is 164 g/mol. The first-order valence-corrected chi connectivity index (χ1v) is 4.99. The first kappa shape index (κ1) is 10.5. The number of nitrogens with zero attached hydrogens (tertiary/aromatic N) is 1. The number of hydrogen-bond acceptors (Lipinski definition) is 2. The molecule has 0 aromatic carbocycles. The summed E-state index contributed by atoms with van der Waals surface area (Å²) < 4.78 is 0. The maximum absolute atomic E-state index is 11.8. The average Bonchev–Trinajstić information content (AvgIpc) is 2.54. The lowest BCUT2D eigenvalue weighted by Crippen LogP contribution is -2.45. The first-order valence-electron chi connectivity index (χ1n) is 4.99. The van der Waals surface area contributed by atoms with Gasteiger partial charge in [0.1, 0.15) is 0 Å². The molecule has 0 heterocycles. The van der Waals surface area contributed by atoms with Crippen molar-refractivity contribution in [3.63, 3.8) is 0 Å². The fourth-order valence-electron chi connectivity index (χ4n) is 2.28. The van der Waals surface area contributed by atoms with Crippen LogP contribution in [0, 0.1) is 11.3 Å². The number of carbonyl (C=O) groups excluding carboxylic acids is 1. The molecule has 2 N–H and O–H groups in total. The fourth-order valence-corrected chi connectivity index (χ4v) is 2.28. The van der Waals surface area contributed by atoms with Crippen molar-refractivity contribution in [2.75, 3.05) is 7.05 Å². The summed E-state index contributed by atoms with van der Waals surface area (Å²) in [6.07, 6.45) is 4.87. The molecule has 1 aliphatic rings. The van der Waals surface area contributed by atoms with Gasteiger partial charge < -0.3 is 0 Å². The van der Waals surface area contributed by atoms with Crippen molar-refractivity contribution in [1.82, 2.24) is 5.01 Å². The average molecular weight is 184 g/mol. The quantitative estimate of drug-likeness (QED) is 0.402. The summed E-state index contributed by atoms with van der Waals surface area (Å²) in [5.41, 5.74) is -0.278. The second-order valence-corrected chi connectivity index (χ2v) is 4.62. The molecule has 0 spiro atoms. The predicted octanol–water partition coefficient (Wildman–Crippen LogP) is 1.53. The minimum Gasteiger partial charge on any atom is -0.283 e. The van der Waals surface area contributed by atoms with E-state index in [9.17, 15) is 4.79 Å². The van der Waals surface area contributed by atoms with Crippen LogP contribution in [0.2, 0.25) is 0 Å². The van der Waals surface area contributed by atoms with Crippen LogP contribution in [-0.4, -0.2) is 18.0 Å². The number of nitrogens with two attached hydrogens (primary N) is 1. The standard InChI is InChI=1S/C10H20N2O/c1-10(2,9(13)12(3)11)8-6-4-5-7-8/h8H,4-7,11H2,1-3H3. The smallest absolute Gasteiger partial charge is 0.242 e. The van der Waals surface area contributed by atoms with Crippen molar-refractivity contribution in [3.05, 3.63) is 0 Å². The lowest BCUT2D eigenvalue weighted by Gasteiger charge is -2.32. The highest BCUT2D eigenvalue weighted by atomic mass is 16.2. The minimum absolute atomic E-state index is 0.0550. The molecule has 76 valence electrons. The van der Waals surface area contributed by atoms with E-state index in [1.807, 2.05) is 13.8 Å². The molecule has 0 unspecified atom stereocenters. The highest BCUT2D eigenvalue weighted by Crippen LogP contribution is 2.40. The summed E-state index contributed by atoms with van der Waals surface area (Å²) in [4.78, 5) is 11.8. The Morgan fingerprint density at radius 3 is 2.23 bits per heavy atom. The first-order chi connectivity index (χ1) is 5.96. The number of hydrogen-bond donors (Lipinski definition) is 1. The number of rotatable bonds is 2. The van der Waals surface area contributed by atoms with Gasteiger partial charge in [0.05, 0.1) is 0 Å². The van der Waals surface area contributed by atoms with Crippen LogP contribution in [0.5, 0.6) is 0 Å². The van der Waals surface area contributed by atoms with Gasteiger partial charge in [0.2, 0.25) is 5.91 Å². The van der Waals surface area contributed by atoms with Gasteiger partial charge in [-0.25, -0.2) is 5.84 Å². The topological polar surface area (TPSA) is 46.3 Å². The monoisotopic (exact) mass is 184 g/mol. The molecule has 0 saturated heterocycles. The van der Waals surface area contributed by atoms with Gasteiger partial charge in [0.25, 0.3) is 0 Å². The van der Waals surface area contributed by atoms with Crippen LogP contribution in [0.3, 0.4) is 0 Å². The van der Waals surface area contributed by atoms with Crippen molar-refractivity contribution in [2.24, 2.45) is 17.2 Å². The van der Waals surface area contributed by atoms with Crippen LogP contribution in [0.1, 0.15) is 39.5 Å². The van der Waals surface area contributed by atoms with E-state index in [0.717, 1.165) is 0 Å². The number of hydrazine groups is 1. The minimum atomic E-state index is -0.278. The molecule has 0 aliphatic heterocycles. The zero-order chi connectivity index (χ0) is 10.1. The lowest BCUT2D eigenvalue weighted by atomic mass is 9.77. The Hall–Kier alpha value is -0.570. The molecule has 0 bridgehead atoms. The van der Waals surface area contributed by atoms with Crippen LogP contribution in [-0.2, 0) is 4.79 Å².